The molecule has 1 aliphatic rings. The number of hydrazine groups is 1. The molecule has 15 heavy (non-hydrogen) atoms. The summed E-state index contributed by atoms with van der Waals surface area (Å²) in [5, 5.41) is 2.39. The van der Waals surface area contributed by atoms with E-state index in [0.29, 0.717) is 0 Å². The first-order valence-electron chi connectivity index (χ1n) is 6.57. The van der Waals surface area contributed by atoms with Crippen molar-refractivity contribution in [2.75, 3.05) is 39.3 Å². The second-order valence-electron chi connectivity index (χ2n) is 4.44. The second kappa shape index (κ2) is 8.08. The minimum absolute atomic E-state index is 1.14. The fourth-order valence-electron chi connectivity index (χ4n) is 1.93. The zero-order valence-electron chi connectivity index (χ0n) is 10.5. The van der Waals surface area contributed by atoms with E-state index < -0.39 is 0 Å². The number of piperazine rings is 1. The fourth-order valence-corrected chi connectivity index (χ4v) is 1.93. The number of nitrogens with zero attached hydrogens (tertiary/aromatic N) is 2. The molecule has 0 aromatic heterocycles. The molecule has 0 saturated carbocycles. The summed E-state index contributed by atoms with van der Waals surface area (Å²) in [7, 11) is 0. The molecule has 0 spiro atoms. The van der Waals surface area contributed by atoms with E-state index in [-0.39, 0.29) is 0 Å². The molecule has 1 rings (SSSR count). The minimum Gasteiger partial charge on any atom is -0.301 e. The van der Waals surface area contributed by atoms with E-state index in [1.807, 2.05) is 0 Å². The van der Waals surface area contributed by atoms with Crippen LogP contribution in [0.4, 0.5) is 0 Å². The molecular formula is C12H27N3. The molecule has 0 bridgehead atoms. The van der Waals surface area contributed by atoms with Gasteiger partial charge in [-0.3, -0.25) is 5.43 Å². The maximum Gasteiger partial charge on any atom is 0.0259 e. The Kier molecular flexibility index (Phi) is 6.98. The average molecular weight is 213 g/mol. The van der Waals surface area contributed by atoms with Crippen molar-refractivity contribution in [2.45, 2.75) is 39.5 Å². The van der Waals surface area contributed by atoms with Crippen LogP contribution in [-0.2, 0) is 0 Å². The van der Waals surface area contributed by atoms with Gasteiger partial charge in [0.25, 0.3) is 0 Å². The van der Waals surface area contributed by atoms with E-state index >= 15 is 0 Å². The highest BCUT2D eigenvalue weighted by Gasteiger charge is 2.15. The van der Waals surface area contributed by atoms with Gasteiger partial charge in [-0.1, -0.05) is 26.7 Å². The third-order valence-corrected chi connectivity index (χ3v) is 3.07. The molecule has 0 amide bonds. The molecule has 0 unspecified atom stereocenters. The van der Waals surface area contributed by atoms with Crippen LogP contribution in [0.1, 0.15) is 39.5 Å². The van der Waals surface area contributed by atoms with Gasteiger partial charge in [-0.15, -0.1) is 0 Å². The Morgan fingerprint density at radius 3 is 2.20 bits per heavy atom. The van der Waals surface area contributed by atoms with Gasteiger partial charge >= 0.3 is 0 Å². The van der Waals surface area contributed by atoms with Crippen LogP contribution in [0, 0.1) is 0 Å². The molecule has 3 nitrogen and oxygen atoms in total. The molecule has 3 heteroatoms. The predicted molar refractivity (Wildman–Crippen MR) is 65.8 cm³/mol. The highest BCUT2D eigenvalue weighted by molar-refractivity contribution is 4.69. The lowest BCUT2D eigenvalue weighted by Gasteiger charge is -2.34. The molecule has 0 aliphatic carbocycles. The zero-order valence-corrected chi connectivity index (χ0v) is 10.5. The standard InChI is InChI=1S/C12H27N3/c1-3-5-7-13-15-11-9-14(10-12-15)8-6-4-2/h13H,3-12H2,1-2H3. The van der Waals surface area contributed by atoms with Crippen LogP contribution in [0.5, 0.6) is 0 Å². The van der Waals surface area contributed by atoms with Gasteiger partial charge in [0.2, 0.25) is 0 Å². The molecule has 0 aromatic carbocycles. The number of rotatable bonds is 7. The molecule has 0 atom stereocenters. The third-order valence-electron chi connectivity index (χ3n) is 3.07. The average Bonchev–Trinajstić information content (AvgIpc) is 2.28. The molecular weight excluding hydrogens is 186 g/mol. The van der Waals surface area contributed by atoms with Gasteiger partial charge < -0.3 is 4.90 Å². The molecule has 1 heterocycles. The van der Waals surface area contributed by atoms with Crippen LogP contribution >= 0.6 is 0 Å². The van der Waals surface area contributed by atoms with Gasteiger partial charge in [-0.2, -0.15) is 0 Å². The zero-order chi connectivity index (χ0) is 10.9. The van der Waals surface area contributed by atoms with Crippen molar-refractivity contribution >= 4 is 0 Å². The smallest absolute Gasteiger partial charge is 0.0259 e. The number of hydrogen-bond donors (Lipinski definition) is 1. The molecule has 1 aliphatic heterocycles. The van der Waals surface area contributed by atoms with E-state index in [9.17, 15) is 0 Å². The summed E-state index contributed by atoms with van der Waals surface area (Å²) in [4.78, 5) is 2.58. The maximum absolute atomic E-state index is 3.51. The molecule has 0 aromatic rings. The monoisotopic (exact) mass is 213 g/mol. The van der Waals surface area contributed by atoms with Crippen molar-refractivity contribution in [1.82, 2.24) is 15.3 Å². The molecule has 0 radical (unpaired) electrons. The normalized spacial score (nSPS) is 19.6. The quantitative estimate of drug-likeness (QED) is 0.650. The number of hydrogen-bond acceptors (Lipinski definition) is 3. The maximum atomic E-state index is 3.51. The van der Waals surface area contributed by atoms with Crippen molar-refractivity contribution in [3.05, 3.63) is 0 Å². The van der Waals surface area contributed by atoms with Crippen LogP contribution in [0.2, 0.25) is 0 Å². The van der Waals surface area contributed by atoms with Crippen molar-refractivity contribution in [3.8, 4) is 0 Å². The summed E-state index contributed by atoms with van der Waals surface area (Å²) in [6.07, 6.45) is 5.23. The lowest BCUT2D eigenvalue weighted by molar-refractivity contribution is 0.0887. The van der Waals surface area contributed by atoms with Crippen molar-refractivity contribution < 1.29 is 0 Å². The lowest BCUT2D eigenvalue weighted by Crippen LogP contribution is -2.52. The summed E-state index contributed by atoms with van der Waals surface area (Å²) >= 11 is 0. The van der Waals surface area contributed by atoms with Gasteiger partial charge in [0.05, 0.1) is 0 Å². The number of unbranched alkanes of at least 4 members (excludes halogenated alkanes) is 2. The van der Waals surface area contributed by atoms with Gasteiger partial charge in [-0.25, -0.2) is 5.01 Å². The van der Waals surface area contributed by atoms with Crippen LogP contribution in [-0.4, -0.2) is 49.2 Å². The Hall–Kier alpha value is -0.120. The van der Waals surface area contributed by atoms with Gasteiger partial charge in [0.15, 0.2) is 0 Å². The minimum atomic E-state index is 1.14. The Balaban J connectivity index is 2.02. The van der Waals surface area contributed by atoms with E-state index in [1.165, 1.54) is 58.4 Å². The summed E-state index contributed by atoms with van der Waals surface area (Å²) < 4.78 is 0. The first-order chi connectivity index (χ1) is 7.36. The van der Waals surface area contributed by atoms with Crippen LogP contribution in [0.25, 0.3) is 0 Å². The summed E-state index contributed by atoms with van der Waals surface area (Å²) in [5.74, 6) is 0. The highest BCUT2D eigenvalue weighted by Crippen LogP contribution is 2.01. The van der Waals surface area contributed by atoms with Crippen LogP contribution < -0.4 is 5.43 Å². The first kappa shape index (κ1) is 12.9. The highest BCUT2D eigenvalue weighted by atomic mass is 15.5. The van der Waals surface area contributed by atoms with E-state index in [4.69, 9.17) is 0 Å². The van der Waals surface area contributed by atoms with E-state index in [0.717, 1.165) is 6.54 Å². The predicted octanol–water partition coefficient (Wildman–Crippen LogP) is 1.71. The van der Waals surface area contributed by atoms with Gasteiger partial charge in [0.1, 0.15) is 0 Å². The van der Waals surface area contributed by atoms with Crippen molar-refractivity contribution in [1.29, 1.82) is 0 Å². The van der Waals surface area contributed by atoms with E-state index in [2.05, 4.69) is 29.2 Å². The number of nitrogens with one attached hydrogen (secondary N) is 1. The topological polar surface area (TPSA) is 18.5 Å². The molecule has 1 N–H and O–H groups in total. The van der Waals surface area contributed by atoms with Crippen LogP contribution in [0.3, 0.4) is 0 Å². The lowest BCUT2D eigenvalue weighted by atomic mass is 10.3. The summed E-state index contributed by atoms with van der Waals surface area (Å²) in [6.45, 7) is 11.8. The Bertz CT molecular complexity index is 142. The Morgan fingerprint density at radius 2 is 1.60 bits per heavy atom. The summed E-state index contributed by atoms with van der Waals surface area (Å²) in [5.41, 5.74) is 3.51. The third kappa shape index (κ3) is 5.50. The summed E-state index contributed by atoms with van der Waals surface area (Å²) in [6, 6.07) is 0. The van der Waals surface area contributed by atoms with Crippen molar-refractivity contribution in [3.63, 3.8) is 0 Å². The van der Waals surface area contributed by atoms with Crippen molar-refractivity contribution in [2.24, 2.45) is 0 Å². The first-order valence-corrected chi connectivity index (χ1v) is 6.57. The van der Waals surface area contributed by atoms with Crippen LogP contribution in [0.15, 0.2) is 0 Å². The Labute approximate surface area is 94.8 Å². The second-order valence-corrected chi connectivity index (χ2v) is 4.44. The molecule has 1 saturated heterocycles. The Morgan fingerprint density at radius 1 is 0.933 bits per heavy atom. The SMILES string of the molecule is CCCCNN1CCN(CCCC)CC1. The molecule has 90 valence electrons. The largest absolute Gasteiger partial charge is 0.301 e. The van der Waals surface area contributed by atoms with Gasteiger partial charge in [-0.05, 0) is 19.4 Å². The van der Waals surface area contributed by atoms with E-state index in [1.54, 1.807) is 0 Å². The molecule has 1 fully saturated rings. The fraction of sp³-hybridized carbons (Fsp3) is 1.00. The van der Waals surface area contributed by atoms with Gasteiger partial charge in [0, 0.05) is 32.7 Å².